The highest BCUT2D eigenvalue weighted by molar-refractivity contribution is 8.13. The van der Waals surface area contributed by atoms with Crippen LogP contribution in [0.2, 0.25) is 0 Å². The van der Waals surface area contributed by atoms with Gasteiger partial charge in [0.25, 0.3) is 0 Å². The third-order valence-electron chi connectivity index (χ3n) is 4.35. The first-order chi connectivity index (χ1) is 12.2. The number of carbonyl (C=O) groups is 1. The van der Waals surface area contributed by atoms with E-state index in [-0.39, 0.29) is 5.78 Å². The van der Waals surface area contributed by atoms with E-state index in [0.717, 1.165) is 17.9 Å². The summed E-state index contributed by atoms with van der Waals surface area (Å²) in [5.41, 5.74) is 1.27. The predicted octanol–water partition coefficient (Wildman–Crippen LogP) is 3.59. The van der Waals surface area contributed by atoms with Gasteiger partial charge < -0.3 is 9.64 Å². The minimum absolute atomic E-state index is 0.0644. The van der Waals surface area contributed by atoms with Gasteiger partial charge in [-0.05, 0) is 25.2 Å². The molecular formula is C19H27N3O2S. The molecular weight excluding hydrogens is 334 g/mol. The second kappa shape index (κ2) is 10.4. The molecule has 1 aliphatic heterocycles. The van der Waals surface area contributed by atoms with Crippen molar-refractivity contribution < 1.29 is 9.53 Å². The molecule has 1 aliphatic carbocycles. The molecule has 25 heavy (non-hydrogen) atoms. The highest BCUT2D eigenvalue weighted by atomic mass is 32.2. The zero-order chi connectivity index (χ0) is 18.1. The van der Waals surface area contributed by atoms with Crippen LogP contribution in [0.4, 0.5) is 0 Å². The molecule has 136 valence electrons. The summed E-state index contributed by atoms with van der Waals surface area (Å²) in [7, 11) is 1.64. The van der Waals surface area contributed by atoms with Crippen LogP contribution in [0, 0.1) is 0 Å². The standard InChI is InChI=1S/C19H27N3O2S/c1-15(19(25-3)20-10-7-11-24-2)18-12-17(23)13-22(14-21-18)16-8-5-4-6-9-16/h7,10,12,14,16H,1,4-6,8-9,11,13H2,2-3H3/b10-7-,20-19?. The zero-order valence-corrected chi connectivity index (χ0v) is 15.9. The first-order valence-electron chi connectivity index (χ1n) is 8.65. The van der Waals surface area contributed by atoms with Crippen LogP contribution in [0.3, 0.4) is 0 Å². The Morgan fingerprint density at radius 3 is 2.92 bits per heavy atom. The Kier molecular flexibility index (Phi) is 8.15. The first kappa shape index (κ1) is 19.7. The smallest absolute Gasteiger partial charge is 0.177 e. The quantitative estimate of drug-likeness (QED) is 0.536. The van der Waals surface area contributed by atoms with Crippen molar-refractivity contribution in [3.05, 3.63) is 36.2 Å². The van der Waals surface area contributed by atoms with Crippen molar-refractivity contribution in [3.63, 3.8) is 0 Å². The van der Waals surface area contributed by atoms with Gasteiger partial charge in [-0.15, -0.1) is 11.8 Å². The van der Waals surface area contributed by atoms with Gasteiger partial charge >= 0.3 is 0 Å². The maximum absolute atomic E-state index is 12.3. The van der Waals surface area contributed by atoms with Crippen molar-refractivity contribution in [2.24, 2.45) is 9.98 Å². The van der Waals surface area contributed by atoms with Crippen LogP contribution in [0.25, 0.3) is 0 Å². The molecule has 2 rings (SSSR count). The van der Waals surface area contributed by atoms with E-state index in [9.17, 15) is 4.79 Å². The van der Waals surface area contributed by atoms with E-state index in [2.05, 4.69) is 21.5 Å². The number of thioether (sulfide) groups is 1. The topological polar surface area (TPSA) is 54.3 Å². The Labute approximate surface area is 154 Å². The molecule has 0 bridgehead atoms. The molecule has 0 aromatic heterocycles. The summed E-state index contributed by atoms with van der Waals surface area (Å²) >= 11 is 1.49. The van der Waals surface area contributed by atoms with Crippen LogP contribution in [0.15, 0.2) is 46.2 Å². The number of methoxy groups -OCH3 is 1. The molecule has 0 amide bonds. The normalized spacial score (nSPS) is 20.1. The summed E-state index contributed by atoms with van der Waals surface area (Å²) in [6, 6.07) is 0.424. The number of hydrogen-bond donors (Lipinski definition) is 0. The molecule has 0 unspecified atom stereocenters. The number of carbonyl (C=O) groups excluding carboxylic acids is 1. The fourth-order valence-electron chi connectivity index (χ4n) is 3.02. The fourth-order valence-corrected chi connectivity index (χ4v) is 3.53. The summed E-state index contributed by atoms with van der Waals surface area (Å²) in [6.07, 6.45) is 14.9. The van der Waals surface area contributed by atoms with Gasteiger partial charge in [0.15, 0.2) is 5.78 Å². The Morgan fingerprint density at radius 1 is 1.48 bits per heavy atom. The highest BCUT2D eigenvalue weighted by Crippen LogP contribution is 2.24. The van der Waals surface area contributed by atoms with Gasteiger partial charge in [0, 0.05) is 31.0 Å². The summed E-state index contributed by atoms with van der Waals surface area (Å²) in [5.74, 6) is 0.0644. The van der Waals surface area contributed by atoms with Crippen LogP contribution in [0.1, 0.15) is 32.1 Å². The van der Waals surface area contributed by atoms with Gasteiger partial charge in [0.1, 0.15) is 5.04 Å². The van der Waals surface area contributed by atoms with Crippen molar-refractivity contribution in [1.82, 2.24) is 4.90 Å². The van der Waals surface area contributed by atoms with E-state index in [1.807, 2.05) is 18.7 Å². The number of ether oxygens (including phenoxy) is 1. The SMILES string of the molecule is C=C(C1=CC(=O)CN(C2CCCCC2)C=N1)C(=N/C=C\COC)SC. The number of rotatable bonds is 6. The number of ketones is 1. The van der Waals surface area contributed by atoms with E-state index >= 15 is 0 Å². The molecule has 0 radical (unpaired) electrons. The maximum atomic E-state index is 12.3. The van der Waals surface area contributed by atoms with Gasteiger partial charge in [-0.2, -0.15) is 0 Å². The van der Waals surface area contributed by atoms with Crippen molar-refractivity contribution in [1.29, 1.82) is 0 Å². The van der Waals surface area contributed by atoms with Crippen molar-refractivity contribution >= 4 is 28.9 Å². The lowest BCUT2D eigenvalue weighted by atomic mass is 9.94. The lowest BCUT2D eigenvalue weighted by Gasteiger charge is -2.31. The van der Waals surface area contributed by atoms with Crippen LogP contribution in [0.5, 0.6) is 0 Å². The number of nitrogens with zero attached hydrogens (tertiary/aromatic N) is 3. The molecule has 1 heterocycles. The largest absolute Gasteiger partial charge is 0.381 e. The summed E-state index contributed by atoms with van der Waals surface area (Å²) in [4.78, 5) is 23.4. The molecule has 6 heteroatoms. The molecule has 0 aromatic carbocycles. The average molecular weight is 362 g/mol. The molecule has 1 fully saturated rings. The molecule has 0 atom stereocenters. The van der Waals surface area contributed by atoms with Crippen LogP contribution in [-0.2, 0) is 9.53 Å². The number of hydrogen-bond acceptors (Lipinski definition) is 6. The van der Waals surface area contributed by atoms with Gasteiger partial charge in [-0.3, -0.25) is 4.79 Å². The summed E-state index contributed by atoms with van der Waals surface area (Å²) < 4.78 is 4.96. The predicted molar refractivity (Wildman–Crippen MR) is 106 cm³/mol. The summed E-state index contributed by atoms with van der Waals surface area (Å²) in [5, 5.41) is 0.745. The van der Waals surface area contributed by atoms with E-state index in [1.165, 1.54) is 31.0 Å². The van der Waals surface area contributed by atoms with Crippen LogP contribution < -0.4 is 0 Å². The minimum Gasteiger partial charge on any atom is -0.381 e. The van der Waals surface area contributed by atoms with Gasteiger partial charge in [0.05, 0.1) is 25.2 Å². The third-order valence-corrected chi connectivity index (χ3v) is 5.08. The van der Waals surface area contributed by atoms with E-state index in [0.29, 0.717) is 30.5 Å². The number of aliphatic imine (C=N–C) groups is 2. The molecule has 0 spiro atoms. The first-order valence-corrected chi connectivity index (χ1v) is 9.88. The Bertz CT molecular complexity index is 602. The average Bonchev–Trinajstić information content (AvgIpc) is 2.84. The number of allylic oxidation sites excluding steroid dienone is 1. The molecule has 5 nitrogen and oxygen atoms in total. The summed E-state index contributed by atoms with van der Waals surface area (Å²) in [6.45, 7) is 4.99. The van der Waals surface area contributed by atoms with Crippen LogP contribution >= 0.6 is 11.8 Å². The Balaban J connectivity index is 2.11. The molecule has 0 aromatic rings. The third kappa shape index (κ3) is 5.97. The highest BCUT2D eigenvalue weighted by Gasteiger charge is 2.23. The second-order valence-electron chi connectivity index (χ2n) is 6.16. The minimum atomic E-state index is 0.0644. The molecule has 1 saturated carbocycles. The van der Waals surface area contributed by atoms with Crippen molar-refractivity contribution in [2.45, 2.75) is 38.1 Å². The monoisotopic (exact) mass is 361 g/mol. The van der Waals surface area contributed by atoms with E-state index < -0.39 is 0 Å². The Hall–Kier alpha value is -1.66. The lowest BCUT2D eigenvalue weighted by molar-refractivity contribution is -0.115. The lowest BCUT2D eigenvalue weighted by Crippen LogP contribution is -2.38. The van der Waals surface area contributed by atoms with E-state index in [4.69, 9.17) is 4.74 Å². The molecule has 0 N–H and O–H groups in total. The van der Waals surface area contributed by atoms with Gasteiger partial charge in [0.2, 0.25) is 0 Å². The zero-order valence-electron chi connectivity index (χ0n) is 15.1. The van der Waals surface area contributed by atoms with Crippen LogP contribution in [-0.4, -0.2) is 54.6 Å². The maximum Gasteiger partial charge on any atom is 0.177 e. The van der Waals surface area contributed by atoms with Crippen molar-refractivity contribution in [3.8, 4) is 0 Å². The fraction of sp³-hybridized carbons (Fsp3) is 0.526. The van der Waals surface area contributed by atoms with Gasteiger partial charge in [-0.1, -0.05) is 25.8 Å². The van der Waals surface area contributed by atoms with E-state index in [1.54, 1.807) is 19.4 Å². The molecule has 2 aliphatic rings. The molecule has 0 saturated heterocycles. The second-order valence-corrected chi connectivity index (χ2v) is 6.96. The van der Waals surface area contributed by atoms with Crippen molar-refractivity contribution in [2.75, 3.05) is 26.5 Å². The van der Waals surface area contributed by atoms with Gasteiger partial charge in [-0.25, -0.2) is 9.98 Å². The Morgan fingerprint density at radius 2 is 2.24 bits per heavy atom.